The first-order chi connectivity index (χ1) is 10.6. The number of hydrogen-bond donors (Lipinski definition) is 2. The number of benzene rings is 2. The third-order valence-corrected chi connectivity index (χ3v) is 4.82. The molecular weight excluding hydrogens is 367 g/mol. The molecule has 0 heterocycles. The van der Waals surface area contributed by atoms with Gasteiger partial charge in [0.1, 0.15) is 5.82 Å². The van der Waals surface area contributed by atoms with Gasteiger partial charge in [-0.15, -0.1) is 0 Å². The number of sulfonamides is 2. The van der Waals surface area contributed by atoms with Gasteiger partial charge in [0, 0.05) is 11.1 Å². The summed E-state index contributed by atoms with van der Waals surface area (Å²) in [5.41, 5.74) is -0.338. The van der Waals surface area contributed by atoms with Gasteiger partial charge in [0.25, 0.3) is 10.0 Å². The first kappa shape index (κ1) is 17.5. The molecular formula is C13H12ClFN2O4S2. The van der Waals surface area contributed by atoms with Crippen LogP contribution in [0.1, 0.15) is 0 Å². The van der Waals surface area contributed by atoms with Crippen molar-refractivity contribution < 1.29 is 21.2 Å². The van der Waals surface area contributed by atoms with E-state index in [2.05, 4.69) is 9.44 Å². The zero-order valence-corrected chi connectivity index (χ0v) is 14.1. The van der Waals surface area contributed by atoms with E-state index in [1.54, 1.807) is 0 Å². The lowest BCUT2D eigenvalue weighted by Gasteiger charge is -2.13. The molecule has 23 heavy (non-hydrogen) atoms. The molecule has 2 N–H and O–H groups in total. The molecule has 0 aromatic heterocycles. The molecule has 0 aliphatic rings. The smallest absolute Gasteiger partial charge is 0.262 e. The van der Waals surface area contributed by atoms with Crippen molar-refractivity contribution in [1.82, 2.24) is 0 Å². The van der Waals surface area contributed by atoms with Crippen molar-refractivity contribution in [1.29, 1.82) is 0 Å². The third kappa shape index (κ3) is 4.81. The highest BCUT2D eigenvalue weighted by Crippen LogP contribution is 2.27. The quantitative estimate of drug-likeness (QED) is 0.836. The number of halogens is 2. The van der Waals surface area contributed by atoms with Crippen LogP contribution in [-0.4, -0.2) is 23.1 Å². The standard InChI is InChI=1S/C13H12ClFN2O4S2/c1-22(18,19)16-12-6-5-10(15)8-13(12)17-23(20,21)11-4-2-3-9(14)7-11/h2-8,16-17H,1H3. The van der Waals surface area contributed by atoms with E-state index >= 15 is 0 Å². The predicted octanol–water partition coefficient (Wildman–Crippen LogP) is 2.65. The molecule has 0 saturated heterocycles. The van der Waals surface area contributed by atoms with E-state index in [0.29, 0.717) is 0 Å². The second kappa shape index (κ2) is 6.34. The Morgan fingerprint density at radius 1 is 0.957 bits per heavy atom. The van der Waals surface area contributed by atoms with Gasteiger partial charge < -0.3 is 0 Å². The van der Waals surface area contributed by atoms with E-state index < -0.39 is 25.9 Å². The SMILES string of the molecule is CS(=O)(=O)Nc1ccc(F)cc1NS(=O)(=O)c1cccc(Cl)c1. The van der Waals surface area contributed by atoms with Gasteiger partial charge in [0.05, 0.1) is 22.5 Å². The molecule has 2 rings (SSSR count). The van der Waals surface area contributed by atoms with Crippen molar-refractivity contribution in [2.24, 2.45) is 0 Å². The Kier molecular flexibility index (Phi) is 4.83. The summed E-state index contributed by atoms with van der Waals surface area (Å²) < 4.78 is 64.9. The fourth-order valence-electron chi connectivity index (χ4n) is 1.73. The largest absolute Gasteiger partial charge is 0.282 e. The maximum absolute atomic E-state index is 13.4. The minimum absolute atomic E-state index is 0.0977. The van der Waals surface area contributed by atoms with Crippen LogP contribution in [0.25, 0.3) is 0 Å². The monoisotopic (exact) mass is 378 g/mol. The zero-order valence-electron chi connectivity index (χ0n) is 11.7. The van der Waals surface area contributed by atoms with Crippen LogP contribution >= 0.6 is 11.6 Å². The van der Waals surface area contributed by atoms with E-state index in [1.165, 1.54) is 24.3 Å². The summed E-state index contributed by atoms with van der Waals surface area (Å²) in [6.07, 6.45) is 0.894. The van der Waals surface area contributed by atoms with E-state index in [4.69, 9.17) is 11.6 Å². The molecule has 0 fully saturated rings. The molecule has 10 heteroatoms. The molecule has 0 atom stereocenters. The van der Waals surface area contributed by atoms with Crippen LogP contribution in [0.3, 0.4) is 0 Å². The summed E-state index contributed by atoms with van der Waals surface area (Å²) >= 11 is 5.75. The Morgan fingerprint density at radius 2 is 1.65 bits per heavy atom. The van der Waals surface area contributed by atoms with Crippen LogP contribution in [0.4, 0.5) is 15.8 Å². The van der Waals surface area contributed by atoms with Crippen LogP contribution in [0.15, 0.2) is 47.4 Å². The number of anilines is 2. The topological polar surface area (TPSA) is 92.3 Å². The molecule has 0 amide bonds. The third-order valence-electron chi connectivity index (χ3n) is 2.63. The fourth-order valence-corrected chi connectivity index (χ4v) is 3.68. The first-order valence-corrected chi connectivity index (χ1v) is 9.88. The Bertz CT molecular complexity index is 946. The van der Waals surface area contributed by atoms with Gasteiger partial charge in [0.2, 0.25) is 10.0 Å². The van der Waals surface area contributed by atoms with Crippen molar-refractivity contribution in [3.8, 4) is 0 Å². The Morgan fingerprint density at radius 3 is 2.26 bits per heavy atom. The lowest BCUT2D eigenvalue weighted by atomic mass is 10.3. The van der Waals surface area contributed by atoms with Crippen LogP contribution in [-0.2, 0) is 20.0 Å². The lowest BCUT2D eigenvalue weighted by molar-refractivity contribution is 0.600. The lowest BCUT2D eigenvalue weighted by Crippen LogP contribution is -2.16. The minimum Gasteiger partial charge on any atom is -0.282 e. The Hall–Kier alpha value is -1.84. The highest BCUT2D eigenvalue weighted by atomic mass is 35.5. The van der Waals surface area contributed by atoms with Gasteiger partial charge in [-0.1, -0.05) is 17.7 Å². The summed E-state index contributed by atoms with van der Waals surface area (Å²) in [6, 6.07) is 8.45. The molecule has 6 nitrogen and oxygen atoms in total. The summed E-state index contributed by atoms with van der Waals surface area (Å²) in [6.45, 7) is 0. The summed E-state index contributed by atoms with van der Waals surface area (Å²) in [4.78, 5) is -0.139. The maximum atomic E-state index is 13.4. The molecule has 0 bridgehead atoms. The van der Waals surface area contributed by atoms with Crippen molar-refractivity contribution in [2.45, 2.75) is 4.90 Å². The van der Waals surface area contributed by atoms with Gasteiger partial charge in [-0.3, -0.25) is 9.44 Å². The predicted molar refractivity (Wildman–Crippen MR) is 87.1 cm³/mol. The normalized spacial score (nSPS) is 12.0. The maximum Gasteiger partial charge on any atom is 0.262 e. The summed E-state index contributed by atoms with van der Waals surface area (Å²) in [5, 5.41) is 0.210. The van der Waals surface area contributed by atoms with Gasteiger partial charge in [-0.2, -0.15) is 0 Å². The summed E-state index contributed by atoms with van der Waals surface area (Å²) in [7, 11) is -7.73. The van der Waals surface area contributed by atoms with E-state index in [0.717, 1.165) is 24.5 Å². The molecule has 0 spiro atoms. The van der Waals surface area contributed by atoms with E-state index in [1.807, 2.05) is 0 Å². The van der Waals surface area contributed by atoms with Gasteiger partial charge in [-0.25, -0.2) is 21.2 Å². The Balaban J connectivity index is 2.44. The molecule has 0 saturated carbocycles. The van der Waals surface area contributed by atoms with Crippen molar-refractivity contribution in [2.75, 3.05) is 15.7 Å². The molecule has 0 aliphatic heterocycles. The molecule has 124 valence electrons. The van der Waals surface area contributed by atoms with Gasteiger partial charge in [-0.05, 0) is 30.3 Å². The molecule has 2 aromatic rings. The van der Waals surface area contributed by atoms with Crippen molar-refractivity contribution >= 4 is 43.0 Å². The van der Waals surface area contributed by atoms with Gasteiger partial charge >= 0.3 is 0 Å². The number of rotatable bonds is 5. The number of hydrogen-bond acceptors (Lipinski definition) is 4. The van der Waals surface area contributed by atoms with Crippen LogP contribution in [0.2, 0.25) is 5.02 Å². The fraction of sp³-hybridized carbons (Fsp3) is 0.0769. The van der Waals surface area contributed by atoms with Crippen LogP contribution in [0, 0.1) is 5.82 Å². The molecule has 0 radical (unpaired) electrons. The summed E-state index contributed by atoms with van der Waals surface area (Å²) in [5.74, 6) is -0.729. The average molecular weight is 379 g/mol. The van der Waals surface area contributed by atoms with Crippen molar-refractivity contribution in [3.05, 3.63) is 53.3 Å². The zero-order chi connectivity index (χ0) is 17.3. The van der Waals surface area contributed by atoms with Crippen LogP contribution in [0.5, 0.6) is 0 Å². The molecule has 0 unspecified atom stereocenters. The minimum atomic E-state index is -4.07. The van der Waals surface area contributed by atoms with Gasteiger partial charge in [0.15, 0.2) is 0 Å². The second-order valence-corrected chi connectivity index (χ2v) is 8.49. The van der Waals surface area contributed by atoms with E-state index in [9.17, 15) is 21.2 Å². The van der Waals surface area contributed by atoms with Crippen LogP contribution < -0.4 is 9.44 Å². The molecule has 2 aromatic carbocycles. The first-order valence-electron chi connectivity index (χ1n) is 6.12. The highest BCUT2D eigenvalue weighted by Gasteiger charge is 2.18. The Labute approximate surface area is 138 Å². The van der Waals surface area contributed by atoms with E-state index in [-0.39, 0.29) is 21.3 Å². The molecule has 0 aliphatic carbocycles. The highest BCUT2D eigenvalue weighted by molar-refractivity contribution is 7.93. The van der Waals surface area contributed by atoms with Crippen molar-refractivity contribution in [3.63, 3.8) is 0 Å². The number of nitrogens with one attached hydrogen (secondary N) is 2. The average Bonchev–Trinajstić information content (AvgIpc) is 2.40. The second-order valence-electron chi connectivity index (χ2n) is 4.63.